The van der Waals surface area contributed by atoms with E-state index in [1.807, 2.05) is 6.26 Å². The summed E-state index contributed by atoms with van der Waals surface area (Å²) < 4.78 is 0. The first kappa shape index (κ1) is 11.7. The van der Waals surface area contributed by atoms with Gasteiger partial charge >= 0.3 is 5.97 Å². The average molecular weight is 192 g/mol. The topological polar surface area (TPSA) is 66.6 Å². The first-order valence-corrected chi connectivity index (χ1v) is 5.05. The predicted molar refractivity (Wildman–Crippen MR) is 51.0 cm³/mol. The van der Waals surface area contributed by atoms with Gasteiger partial charge in [0.25, 0.3) is 0 Å². The normalized spacial score (nSPS) is 16.1. The van der Waals surface area contributed by atoms with Crippen molar-refractivity contribution in [3.8, 4) is 0 Å². The Balaban J connectivity index is 4.29. The molecule has 0 rings (SSSR count). The van der Waals surface area contributed by atoms with Crippen molar-refractivity contribution in [2.75, 3.05) is 19.1 Å². The average Bonchev–Trinajstić information content (AvgIpc) is 1.99. The number of aliphatic carboxylic acids is 1. The Labute approximate surface area is 77.1 Å². The molecule has 0 bridgehead atoms. The van der Waals surface area contributed by atoms with Crippen LogP contribution in [0.4, 0.5) is 0 Å². The minimum absolute atomic E-state index is 0.552. The monoisotopic (exact) mass is 192 g/mol. The van der Waals surface area contributed by atoms with Crippen LogP contribution in [0.15, 0.2) is 0 Å². The summed E-state index contributed by atoms with van der Waals surface area (Å²) in [4.78, 5) is 10.8. The van der Waals surface area contributed by atoms with E-state index in [0.29, 0.717) is 6.42 Å². The van der Waals surface area contributed by atoms with Gasteiger partial charge in [-0.15, -0.1) is 0 Å². The summed E-state index contributed by atoms with van der Waals surface area (Å²) in [6.07, 6.45) is 2.50. The third kappa shape index (κ3) is 2.66. The Kier molecular flexibility index (Phi) is 4.59. The minimum atomic E-state index is -0.941. The predicted octanol–water partition coefficient (Wildman–Crippen LogP) is 0.388. The highest BCUT2D eigenvalue weighted by atomic mass is 32.2. The maximum atomic E-state index is 10.8. The van der Waals surface area contributed by atoms with Crippen LogP contribution in [0.25, 0.3) is 0 Å². The van der Waals surface area contributed by atoms with E-state index in [1.165, 1.54) is 5.01 Å². The molecule has 0 aliphatic carbocycles. The van der Waals surface area contributed by atoms with Gasteiger partial charge in [-0.1, -0.05) is 0 Å². The summed E-state index contributed by atoms with van der Waals surface area (Å²) in [6, 6.07) is 0. The van der Waals surface area contributed by atoms with Crippen molar-refractivity contribution in [3.05, 3.63) is 0 Å². The molecule has 12 heavy (non-hydrogen) atoms. The number of nitrogens with zero attached hydrogens (tertiary/aromatic N) is 1. The van der Waals surface area contributed by atoms with Crippen molar-refractivity contribution >= 4 is 17.7 Å². The second-order valence-electron chi connectivity index (χ2n) is 2.93. The molecule has 1 atom stereocenters. The Hall–Kier alpha value is -0.260. The lowest BCUT2D eigenvalue weighted by molar-refractivity contribution is -0.149. The zero-order chi connectivity index (χ0) is 9.78. The summed E-state index contributed by atoms with van der Waals surface area (Å²) in [7, 11) is 1.58. The fourth-order valence-corrected chi connectivity index (χ4v) is 1.34. The fraction of sp³-hybridized carbons (Fsp3) is 0.857. The molecule has 0 aromatic carbocycles. The molecule has 5 heteroatoms. The van der Waals surface area contributed by atoms with Crippen molar-refractivity contribution < 1.29 is 9.90 Å². The first-order valence-electron chi connectivity index (χ1n) is 3.66. The molecule has 0 radical (unpaired) electrons. The second-order valence-corrected chi connectivity index (χ2v) is 3.92. The molecule has 0 saturated heterocycles. The van der Waals surface area contributed by atoms with E-state index in [9.17, 15) is 4.79 Å². The van der Waals surface area contributed by atoms with Gasteiger partial charge in [0, 0.05) is 7.05 Å². The summed E-state index contributed by atoms with van der Waals surface area (Å²) in [5.74, 6) is 5.38. The molecule has 3 N–H and O–H groups in total. The number of hydrogen-bond acceptors (Lipinski definition) is 4. The maximum Gasteiger partial charge on any atom is 0.325 e. The van der Waals surface area contributed by atoms with Gasteiger partial charge in [0.1, 0.15) is 5.54 Å². The molecule has 0 aliphatic rings. The fourth-order valence-electron chi connectivity index (χ4n) is 0.735. The number of rotatable bonds is 5. The molecule has 0 fully saturated rings. The Bertz CT molecular complexity index is 163. The van der Waals surface area contributed by atoms with Crippen LogP contribution in [0.1, 0.15) is 13.3 Å². The molecule has 72 valence electrons. The van der Waals surface area contributed by atoms with Crippen LogP contribution in [-0.2, 0) is 4.79 Å². The van der Waals surface area contributed by atoms with Crippen LogP contribution in [-0.4, -0.2) is 40.7 Å². The minimum Gasteiger partial charge on any atom is -0.480 e. The molecular weight excluding hydrogens is 176 g/mol. The molecule has 0 heterocycles. The van der Waals surface area contributed by atoms with Gasteiger partial charge in [-0.05, 0) is 25.4 Å². The molecular formula is C7H16N2O2S. The molecule has 0 aliphatic heterocycles. The number of carboxylic acid groups (broad SMARTS) is 1. The first-order chi connectivity index (χ1) is 5.45. The molecule has 4 nitrogen and oxygen atoms in total. The zero-order valence-corrected chi connectivity index (χ0v) is 8.52. The summed E-state index contributed by atoms with van der Waals surface area (Å²) in [5, 5.41) is 10.2. The maximum absolute atomic E-state index is 10.8. The van der Waals surface area contributed by atoms with Crippen molar-refractivity contribution in [1.29, 1.82) is 0 Å². The molecule has 0 unspecified atom stereocenters. The standard InChI is InChI=1S/C7H16N2O2S/c1-7(6(10)11,9(2)8)4-5-12-3/h4-5,8H2,1-3H3,(H,10,11)/t7-/m0/s1. The van der Waals surface area contributed by atoms with E-state index in [0.717, 1.165) is 5.75 Å². The third-order valence-corrected chi connectivity index (χ3v) is 2.64. The number of likely N-dealkylation sites (N-methyl/N-ethyl adjacent to an activating group) is 1. The third-order valence-electron chi connectivity index (χ3n) is 2.03. The van der Waals surface area contributed by atoms with Crippen LogP contribution < -0.4 is 5.84 Å². The van der Waals surface area contributed by atoms with Crippen LogP contribution in [0.3, 0.4) is 0 Å². The van der Waals surface area contributed by atoms with Gasteiger partial charge in [0.2, 0.25) is 0 Å². The highest BCUT2D eigenvalue weighted by Gasteiger charge is 2.35. The molecule has 0 aromatic heterocycles. The van der Waals surface area contributed by atoms with Crippen LogP contribution in [0, 0.1) is 0 Å². The lowest BCUT2D eigenvalue weighted by atomic mass is 9.99. The lowest BCUT2D eigenvalue weighted by Crippen LogP contribution is -2.54. The van der Waals surface area contributed by atoms with E-state index >= 15 is 0 Å². The van der Waals surface area contributed by atoms with Gasteiger partial charge in [-0.25, -0.2) is 5.01 Å². The van der Waals surface area contributed by atoms with Gasteiger partial charge in [0.15, 0.2) is 0 Å². The van der Waals surface area contributed by atoms with E-state index in [2.05, 4.69) is 0 Å². The molecule has 0 aromatic rings. The van der Waals surface area contributed by atoms with Gasteiger partial charge in [-0.2, -0.15) is 11.8 Å². The highest BCUT2D eigenvalue weighted by Crippen LogP contribution is 2.17. The van der Waals surface area contributed by atoms with Crippen molar-refractivity contribution in [1.82, 2.24) is 5.01 Å². The largest absolute Gasteiger partial charge is 0.480 e. The summed E-state index contributed by atoms with van der Waals surface area (Å²) in [6.45, 7) is 1.63. The lowest BCUT2D eigenvalue weighted by Gasteiger charge is -2.31. The quantitative estimate of drug-likeness (QED) is 0.487. The highest BCUT2D eigenvalue weighted by molar-refractivity contribution is 7.98. The van der Waals surface area contributed by atoms with Gasteiger partial charge < -0.3 is 5.11 Å². The van der Waals surface area contributed by atoms with Crippen LogP contribution >= 0.6 is 11.8 Å². The van der Waals surface area contributed by atoms with E-state index in [-0.39, 0.29) is 0 Å². The van der Waals surface area contributed by atoms with Gasteiger partial charge in [-0.3, -0.25) is 10.6 Å². The number of hydrazine groups is 1. The van der Waals surface area contributed by atoms with Crippen LogP contribution in [0.5, 0.6) is 0 Å². The number of carboxylic acids is 1. The van der Waals surface area contributed by atoms with Crippen molar-refractivity contribution in [2.45, 2.75) is 18.9 Å². The van der Waals surface area contributed by atoms with Crippen molar-refractivity contribution in [2.24, 2.45) is 5.84 Å². The second kappa shape index (κ2) is 4.69. The molecule has 0 spiro atoms. The Morgan fingerprint density at radius 3 is 2.50 bits per heavy atom. The smallest absolute Gasteiger partial charge is 0.325 e. The Morgan fingerprint density at radius 2 is 2.25 bits per heavy atom. The number of hydrogen-bond donors (Lipinski definition) is 2. The van der Waals surface area contributed by atoms with Crippen molar-refractivity contribution in [3.63, 3.8) is 0 Å². The van der Waals surface area contributed by atoms with Gasteiger partial charge in [0.05, 0.1) is 0 Å². The van der Waals surface area contributed by atoms with E-state index in [4.69, 9.17) is 10.9 Å². The number of nitrogens with two attached hydrogens (primary N) is 1. The summed E-state index contributed by atoms with van der Waals surface area (Å²) >= 11 is 1.62. The Morgan fingerprint density at radius 1 is 1.75 bits per heavy atom. The zero-order valence-electron chi connectivity index (χ0n) is 7.70. The number of thioether (sulfide) groups is 1. The number of carbonyl (C=O) groups is 1. The SMILES string of the molecule is CSCC[C@@](C)(C(=O)O)N(C)N. The van der Waals surface area contributed by atoms with Crippen LogP contribution in [0.2, 0.25) is 0 Å². The molecule has 0 amide bonds. The summed E-state index contributed by atoms with van der Waals surface area (Å²) in [5.41, 5.74) is -0.941. The van der Waals surface area contributed by atoms with E-state index in [1.54, 1.807) is 25.7 Å². The molecule has 0 saturated carbocycles. The van der Waals surface area contributed by atoms with E-state index < -0.39 is 11.5 Å².